The van der Waals surface area contributed by atoms with Crippen LogP contribution in [0.15, 0.2) is 54.6 Å². The highest BCUT2D eigenvalue weighted by molar-refractivity contribution is 5.97. The Labute approximate surface area is 134 Å². The second kappa shape index (κ2) is 8.10. The SMILES string of the molecule is COCOc1cc(F)ccc1C(=CC(=O)OC)c1ccccc1. The van der Waals surface area contributed by atoms with Crippen LogP contribution in [0.3, 0.4) is 0 Å². The number of esters is 1. The van der Waals surface area contributed by atoms with Gasteiger partial charge in [-0.05, 0) is 23.3 Å². The van der Waals surface area contributed by atoms with E-state index in [0.717, 1.165) is 5.56 Å². The van der Waals surface area contributed by atoms with Crippen molar-refractivity contribution < 1.29 is 23.4 Å². The highest BCUT2D eigenvalue weighted by Gasteiger charge is 2.14. The van der Waals surface area contributed by atoms with E-state index < -0.39 is 11.8 Å². The molecule has 23 heavy (non-hydrogen) atoms. The van der Waals surface area contributed by atoms with Crippen LogP contribution in [-0.2, 0) is 14.3 Å². The molecule has 0 aliphatic heterocycles. The zero-order valence-corrected chi connectivity index (χ0v) is 12.9. The number of benzene rings is 2. The molecule has 0 aliphatic rings. The molecule has 0 spiro atoms. The Hall–Kier alpha value is -2.66. The second-order valence-electron chi connectivity index (χ2n) is 4.64. The summed E-state index contributed by atoms with van der Waals surface area (Å²) in [6.07, 6.45) is 1.35. The molecule has 0 saturated carbocycles. The fraction of sp³-hybridized carbons (Fsp3) is 0.167. The average Bonchev–Trinajstić information content (AvgIpc) is 2.59. The summed E-state index contributed by atoms with van der Waals surface area (Å²) in [6.45, 7) is -0.0310. The molecule has 0 amide bonds. The third-order valence-corrected chi connectivity index (χ3v) is 3.11. The molecule has 0 aliphatic carbocycles. The molecular formula is C18H17FO4. The molecule has 0 saturated heterocycles. The third-order valence-electron chi connectivity index (χ3n) is 3.11. The van der Waals surface area contributed by atoms with E-state index in [2.05, 4.69) is 0 Å². The summed E-state index contributed by atoms with van der Waals surface area (Å²) in [6, 6.07) is 13.4. The van der Waals surface area contributed by atoms with E-state index in [9.17, 15) is 9.18 Å². The Bertz CT molecular complexity index is 695. The van der Waals surface area contributed by atoms with Gasteiger partial charge in [-0.1, -0.05) is 30.3 Å². The van der Waals surface area contributed by atoms with Crippen molar-refractivity contribution in [1.29, 1.82) is 0 Å². The predicted octanol–water partition coefficient (Wildman–Crippen LogP) is 3.41. The minimum Gasteiger partial charge on any atom is -0.467 e. The molecule has 4 nitrogen and oxygen atoms in total. The number of halogens is 1. The van der Waals surface area contributed by atoms with Crippen molar-refractivity contribution in [3.63, 3.8) is 0 Å². The molecule has 0 heterocycles. The number of methoxy groups -OCH3 is 2. The Kier molecular flexibility index (Phi) is 5.88. The Morgan fingerprint density at radius 1 is 1.13 bits per heavy atom. The first-order chi connectivity index (χ1) is 11.2. The van der Waals surface area contributed by atoms with Gasteiger partial charge in [-0.3, -0.25) is 0 Å². The summed E-state index contributed by atoms with van der Waals surface area (Å²) in [7, 11) is 2.77. The molecule has 0 aromatic heterocycles. The fourth-order valence-electron chi connectivity index (χ4n) is 2.07. The maximum absolute atomic E-state index is 13.5. The van der Waals surface area contributed by atoms with Crippen LogP contribution in [0.2, 0.25) is 0 Å². The Morgan fingerprint density at radius 3 is 2.52 bits per heavy atom. The van der Waals surface area contributed by atoms with Crippen LogP contribution in [0, 0.1) is 5.82 Å². The van der Waals surface area contributed by atoms with Gasteiger partial charge in [0.05, 0.1) is 7.11 Å². The molecule has 0 bridgehead atoms. The number of rotatable bonds is 6. The van der Waals surface area contributed by atoms with Crippen molar-refractivity contribution in [3.05, 3.63) is 71.6 Å². The van der Waals surface area contributed by atoms with Gasteiger partial charge >= 0.3 is 5.97 Å². The lowest BCUT2D eigenvalue weighted by atomic mass is 9.96. The molecule has 2 rings (SSSR count). The van der Waals surface area contributed by atoms with Crippen molar-refractivity contribution >= 4 is 11.5 Å². The van der Waals surface area contributed by atoms with Gasteiger partial charge in [0.2, 0.25) is 0 Å². The van der Waals surface area contributed by atoms with Crippen molar-refractivity contribution in [1.82, 2.24) is 0 Å². The molecule has 120 valence electrons. The number of ether oxygens (including phenoxy) is 3. The molecule has 0 fully saturated rings. The van der Waals surface area contributed by atoms with Crippen LogP contribution in [-0.4, -0.2) is 27.0 Å². The van der Waals surface area contributed by atoms with E-state index in [-0.39, 0.29) is 12.5 Å². The summed E-state index contributed by atoms with van der Waals surface area (Å²) in [5.41, 5.74) is 1.93. The summed E-state index contributed by atoms with van der Waals surface area (Å²) in [5, 5.41) is 0. The molecule has 5 heteroatoms. The monoisotopic (exact) mass is 316 g/mol. The van der Waals surface area contributed by atoms with Crippen LogP contribution in [0.25, 0.3) is 5.57 Å². The molecule has 2 aromatic rings. The zero-order chi connectivity index (χ0) is 16.7. The van der Waals surface area contributed by atoms with Gasteiger partial charge in [-0.2, -0.15) is 0 Å². The number of carbonyl (C=O) groups is 1. The standard InChI is InChI=1S/C18H17FO4/c1-21-12-23-17-10-14(19)8-9-15(17)16(11-18(20)22-2)13-6-4-3-5-7-13/h3-11H,12H2,1-2H3. The summed E-state index contributed by atoms with van der Waals surface area (Å²) in [5.74, 6) is -0.665. The van der Waals surface area contributed by atoms with Crippen LogP contribution >= 0.6 is 0 Å². The molecule has 0 radical (unpaired) electrons. The minimum absolute atomic E-state index is 0.0310. The number of hydrogen-bond donors (Lipinski definition) is 0. The predicted molar refractivity (Wildman–Crippen MR) is 84.4 cm³/mol. The normalized spacial score (nSPS) is 11.2. The maximum Gasteiger partial charge on any atom is 0.331 e. The van der Waals surface area contributed by atoms with Gasteiger partial charge in [0.1, 0.15) is 11.6 Å². The van der Waals surface area contributed by atoms with E-state index >= 15 is 0 Å². The Balaban J connectivity index is 2.56. The van der Waals surface area contributed by atoms with E-state index in [1.54, 1.807) is 6.07 Å². The lowest BCUT2D eigenvalue weighted by molar-refractivity contribution is -0.134. The lowest BCUT2D eigenvalue weighted by Crippen LogP contribution is -2.04. The van der Waals surface area contributed by atoms with Gasteiger partial charge in [0, 0.05) is 24.8 Å². The molecule has 2 aromatic carbocycles. The number of carbonyl (C=O) groups excluding carboxylic acids is 1. The summed E-state index contributed by atoms with van der Waals surface area (Å²) < 4.78 is 28.6. The van der Waals surface area contributed by atoms with Gasteiger partial charge in [0.25, 0.3) is 0 Å². The molecule has 0 unspecified atom stereocenters. The maximum atomic E-state index is 13.5. The first-order valence-corrected chi connectivity index (χ1v) is 6.92. The quantitative estimate of drug-likeness (QED) is 0.465. The second-order valence-corrected chi connectivity index (χ2v) is 4.64. The first-order valence-electron chi connectivity index (χ1n) is 6.92. The first kappa shape index (κ1) is 16.7. The van der Waals surface area contributed by atoms with Gasteiger partial charge in [0.15, 0.2) is 6.79 Å². The summed E-state index contributed by atoms with van der Waals surface area (Å²) in [4.78, 5) is 11.7. The average molecular weight is 316 g/mol. The van der Waals surface area contributed by atoms with Gasteiger partial charge in [-0.15, -0.1) is 0 Å². The van der Waals surface area contributed by atoms with Crippen molar-refractivity contribution in [2.75, 3.05) is 21.0 Å². The van der Waals surface area contributed by atoms with Crippen LogP contribution < -0.4 is 4.74 Å². The lowest BCUT2D eigenvalue weighted by Gasteiger charge is -2.14. The van der Waals surface area contributed by atoms with Crippen molar-refractivity contribution in [3.8, 4) is 5.75 Å². The zero-order valence-electron chi connectivity index (χ0n) is 12.9. The topological polar surface area (TPSA) is 44.8 Å². The molecule has 0 N–H and O–H groups in total. The third kappa shape index (κ3) is 4.40. The minimum atomic E-state index is -0.508. The van der Waals surface area contributed by atoms with E-state index in [1.165, 1.54) is 32.4 Å². The fourth-order valence-corrected chi connectivity index (χ4v) is 2.07. The number of hydrogen-bond acceptors (Lipinski definition) is 4. The van der Waals surface area contributed by atoms with Crippen molar-refractivity contribution in [2.45, 2.75) is 0 Å². The van der Waals surface area contributed by atoms with Crippen LogP contribution in [0.1, 0.15) is 11.1 Å². The van der Waals surface area contributed by atoms with Gasteiger partial charge < -0.3 is 14.2 Å². The van der Waals surface area contributed by atoms with Crippen LogP contribution in [0.4, 0.5) is 4.39 Å². The highest BCUT2D eigenvalue weighted by atomic mass is 19.1. The summed E-state index contributed by atoms with van der Waals surface area (Å²) >= 11 is 0. The highest BCUT2D eigenvalue weighted by Crippen LogP contribution is 2.32. The van der Waals surface area contributed by atoms with E-state index in [1.807, 2.05) is 30.3 Å². The Morgan fingerprint density at radius 2 is 1.87 bits per heavy atom. The smallest absolute Gasteiger partial charge is 0.331 e. The van der Waals surface area contributed by atoms with Crippen molar-refractivity contribution in [2.24, 2.45) is 0 Å². The van der Waals surface area contributed by atoms with Gasteiger partial charge in [-0.25, -0.2) is 9.18 Å². The van der Waals surface area contributed by atoms with Crippen LogP contribution in [0.5, 0.6) is 5.75 Å². The van der Waals surface area contributed by atoms with E-state index in [4.69, 9.17) is 14.2 Å². The molecular weight excluding hydrogens is 299 g/mol. The largest absolute Gasteiger partial charge is 0.467 e. The molecule has 0 atom stereocenters. The van der Waals surface area contributed by atoms with E-state index in [0.29, 0.717) is 11.1 Å².